The fourth-order valence-corrected chi connectivity index (χ4v) is 1.75. The molecule has 0 fully saturated rings. The second kappa shape index (κ2) is 5.49. The highest BCUT2D eigenvalue weighted by Gasteiger charge is 2.03. The molecule has 1 N–H and O–H groups in total. The molecule has 0 saturated carbocycles. The van der Waals surface area contributed by atoms with E-state index in [9.17, 15) is 4.39 Å². The van der Waals surface area contributed by atoms with Gasteiger partial charge in [0.05, 0.1) is 5.69 Å². The lowest BCUT2D eigenvalue weighted by Gasteiger charge is -2.07. The minimum Gasteiger partial charge on any atom is -0.352 e. The third-order valence-electron chi connectivity index (χ3n) is 2.59. The van der Waals surface area contributed by atoms with E-state index in [0.29, 0.717) is 13.1 Å². The van der Waals surface area contributed by atoms with Crippen molar-refractivity contribution >= 4 is 5.95 Å². The summed E-state index contributed by atoms with van der Waals surface area (Å²) in [7, 11) is 0. The van der Waals surface area contributed by atoms with Crippen LogP contribution in [0.2, 0.25) is 0 Å². The van der Waals surface area contributed by atoms with Gasteiger partial charge in [-0.15, -0.1) is 6.58 Å². The number of imidazole rings is 1. The van der Waals surface area contributed by atoms with Crippen LogP contribution in [0.25, 0.3) is 0 Å². The van der Waals surface area contributed by atoms with Gasteiger partial charge in [0.15, 0.2) is 0 Å². The zero-order chi connectivity index (χ0) is 13.0. The standard InChI is InChI=1S/C14H16FN3/c1-3-8-18-10-11(2)17-14(18)16-9-12-4-6-13(15)7-5-12/h3-7,10H,1,8-9H2,2H3,(H,16,17). The number of anilines is 1. The number of rotatable bonds is 5. The summed E-state index contributed by atoms with van der Waals surface area (Å²) in [5.74, 6) is 0.583. The minimum atomic E-state index is -0.220. The van der Waals surface area contributed by atoms with E-state index in [-0.39, 0.29) is 5.82 Å². The number of aromatic nitrogens is 2. The molecule has 18 heavy (non-hydrogen) atoms. The van der Waals surface area contributed by atoms with Crippen LogP contribution in [0.15, 0.2) is 43.1 Å². The molecule has 2 aromatic rings. The highest BCUT2D eigenvalue weighted by atomic mass is 19.1. The number of hydrogen-bond donors (Lipinski definition) is 1. The van der Waals surface area contributed by atoms with Crippen molar-refractivity contribution in [3.05, 3.63) is 60.2 Å². The van der Waals surface area contributed by atoms with E-state index >= 15 is 0 Å². The summed E-state index contributed by atoms with van der Waals surface area (Å²) in [6.45, 7) is 7.00. The lowest BCUT2D eigenvalue weighted by molar-refractivity contribution is 0.627. The Kier molecular flexibility index (Phi) is 3.77. The van der Waals surface area contributed by atoms with Crippen molar-refractivity contribution in [1.29, 1.82) is 0 Å². The van der Waals surface area contributed by atoms with Crippen LogP contribution in [0.5, 0.6) is 0 Å². The van der Waals surface area contributed by atoms with Gasteiger partial charge in [0.25, 0.3) is 0 Å². The van der Waals surface area contributed by atoms with E-state index < -0.39 is 0 Å². The molecule has 0 unspecified atom stereocenters. The Hall–Kier alpha value is -2.10. The van der Waals surface area contributed by atoms with Gasteiger partial charge in [0.1, 0.15) is 5.82 Å². The van der Waals surface area contributed by atoms with E-state index in [1.54, 1.807) is 12.1 Å². The number of allylic oxidation sites excluding steroid dienone is 1. The molecule has 0 aliphatic carbocycles. The Morgan fingerprint density at radius 1 is 1.39 bits per heavy atom. The first-order valence-electron chi connectivity index (χ1n) is 5.82. The third-order valence-corrected chi connectivity index (χ3v) is 2.59. The Bertz CT molecular complexity index is 528. The Morgan fingerprint density at radius 3 is 2.78 bits per heavy atom. The summed E-state index contributed by atoms with van der Waals surface area (Å²) in [5.41, 5.74) is 1.97. The molecule has 1 aromatic heterocycles. The predicted molar refractivity (Wildman–Crippen MR) is 70.9 cm³/mol. The van der Waals surface area contributed by atoms with Crippen LogP contribution >= 0.6 is 0 Å². The molecule has 1 heterocycles. The maximum absolute atomic E-state index is 12.8. The van der Waals surface area contributed by atoms with Crippen LogP contribution < -0.4 is 5.32 Å². The van der Waals surface area contributed by atoms with Gasteiger partial charge in [-0.1, -0.05) is 18.2 Å². The smallest absolute Gasteiger partial charge is 0.203 e. The SMILES string of the molecule is C=CCn1cc(C)nc1NCc1ccc(F)cc1. The quantitative estimate of drug-likeness (QED) is 0.820. The normalized spacial score (nSPS) is 10.3. The minimum absolute atomic E-state index is 0.220. The average molecular weight is 245 g/mol. The molecule has 0 aliphatic rings. The van der Waals surface area contributed by atoms with Gasteiger partial charge in [-0.05, 0) is 24.6 Å². The van der Waals surface area contributed by atoms with E-state index in [4.69, 9.17) is 0 Å². The summed E-state index contributed by atoms with van der Waals surface area (Å²) < 4.78 is 14.8. The van der Waals surface area contributed by atoms with Gasteiger partial charge < -0.3 is 9.88 Å². The molecule has 2 rings (SSSR count). The first-order chi connectivity index (χ1) is 8.69. The van der Waals surface area contributed by atoms with E-state index in [1.165, 1.54) is 12.1 Å². The van der Waals surface area contributed by atoms with E-state index in [1.807, 2.05) is 23.8 Å². The van der Waals surface area contributed by atoms with Gasteiger partial charge in [-0.3, -0.25) is 0 Å². The van der Waals surface area contributed by atoms with Crippen molar-refractivity contribution in [3.63, 3.8) is 0 Å². The molecule has 0 saturated heterocycles. The Morgan fingerprint density at radius 2 is 2.11 bits per heavy atom. The van der Waals surface area contributed by atoms with Gasteiger partial charge >= 0.3 is 0 Å². The monoisotopic (exact) mass is 245 g/mol. The van der Waals surface area contributed by atoms with Crippen LogP contribution in [0.3, 0.4) is 0 Å². The highest BCUT2D eigenvalue weighted by Crippen LogP contribution is 2.11. The number of halogens is 1. The Balaban J connectivity index is 2.05. The van der Waals surface area contributed by atoms with Crippen molar-refractivity contribution in [2.24, 2.45) is 0 Å². The van der Waals surface area contributed by atoms with Crippen LogP contribution in [0.4, 0.5) is 10.3 Å². The second-order valence-electron chi connectivity index (χ2n) is 4.13. The summed E-state index contributed by atoms with van der Waals surface area (Å²) in [5, 5.41) is 3.24. The van der Waals surface area contributed by atoms with Gasteiger partial charge in [-0.2, -0.15) is 0 Å². The highest BCUT2D eigenvalue weighted by molar-refractivity contribution is 5.31. The Labute approximate surface area is 106 Å². The molecular weight excluding hydrogens is 229 g/mol. The van der Waals surface area contributed by atoms with Gasteiger partial charge in [-0.25, -0.2) is 9.37 Å². The van der Waals surface area contributed by atoms with Crippen molar-refractivity contribution in [3.8, 4) is 0 Å². The maximum atomic E-state index is 12.8. The molecule has 0 spiro atoms. The first kappa shape index (κ1) is 12.4. The number of aryl methyl sites for hydroxylation is 1. The van der Waals surface area contributed by atoms with Crippen molar-refractivity contribution in [2.45, 2.75) is 20.0 Å². The second-order valence-corrected chi connectivity index (χ2v) is 4.13. The van der Waals surface area contributed by atoms with Crippen molar-refractivity contribution in [2.75, 3.05) is 5.32 Å². The lowest BCUT2D eigenvalue weighted by atomic mass is 10.2. The molecule has 0 aliphatic heterocycles. The molecule has 0 radical (unpaired) electrons. The van der Waals surface area contributed by atoms with Gasteiger partial charge in [0, 0.05) is 19.3 Å². The van der Waals surface area contributed by atoms with Crippen molar-refractivity contribution in [1.82, 2.24) is 9.55 Å². The predicted octanol–water partition coefficient (Wildman–Crippen LogP) is 3.13. The molecule has 1 aromatic carbocycles. The average Bonchev–Trinajstić information content (AvgIpc) is 2.70. The molecule has 0 amide bonds. The van der Waals surface area contributed by atoms with Gasteiger partial charge in [0.2, 0.25) is 5.95 Å². The van der Waals surface area contributed by atoms with Crippen LogP contribution in [0, 0.1) is 12.7 Å². The first-order valence-corrected chi connectivity index (χ1v) is 5.82. The largest absolute Gasteiger partial charge is 0.352 e. The summed E-state index contributed by atoms with van der Waals surface area (Å²) in [6.07, 6.45) is 3.79. The van der Waals surface area contributed by atoms with Crippen molar-refractivity contribution < 1.29 is 4.39 Å². The number of benzene rings is 1. The maximum Gasteiger partial charge on any atom is 0.203 e. The lowest BCUT2D eigenvalue weighted by Crippen LogP contribution is -2.06. The number of nitrogens with one attached hydrogen (secondary N) is 1. The van der Waals surface area contributed by atoms with Crippen LogP contribution in [0.1, 0.15) is 11.3 Å². The zero-order valence-corrected chi connectivity index (χ0v) is 10.4. The molecular formula is C14H16FN3. The molecule has 94 valence electrons. The fourth-order valence-electron chi connectivity index (χ4n) is 1.75. The molecule has 3 nitrogen and oxygen atoms in total. The summed E-state index contributed by atoms with van der Waals surface area (Å²) in [6, 6.07) is 6.43. The van der Waals surface area contributed by atoms with Crippen LogP contribution in [-0.4, -0.2) is 9.55 Å². The molecule has 0 bridgehead atoms. The molecule has 4 heteroatoms. The summed E-state index contributed by atoms with van der Waals surface area (Å²) in [4.78, 5) is 4.39. The van der Waals surface area contributed by atoms with E-state index in [2.05, 4.69) is 16.9 Å². The number of hydrogen-bond acceptors (Lipinski definition) is 2. The summed E-state index contributed by atoms with van der Waals surface area (Å²) >= 11 is 0. The zero-order valence-electron chi connectivity index (χ0n) is 10.4. The van der Waals surface area contributed by atoms with E-state index in [0.717, 1.165) is 17.2 Å². The fraction of sp³-hybridized carbons (Fsp3) is 0.214. The van der Waals surface area contributed by atoms with Crippen LogP contribution in [-0.2, 0) is 13.1 Å². The number of nitrogens with zero attached hydrogens (tertiary/aromatic N) is 2. The third kappa shape index (κ3) is 2.97. The molecule has 0 atom stereocenters. The topological polar surface area (TPSA) is 29.9 Å².